The number of hydrogen-bond acceptors (Lipinski definition) is 3. The lowest BCUT2D eigenvalue weighted by atomic mass is 10.1. The van der Waals surface area contributed by atoms with E-state index in [0.29, 0.717) is 12.5 Å². The van der Waals surface area contributed by atoms with Gasteiger partial charge >= 0.3 is 0 Å². The Balaban J connectivity index is 1.59. The van der Waals surface area contributed by atoms with Gasteiger partial charge in [0.1, 0.15) is 0 Å². The van der Waals surface area contributed by atoms with Crippen LogP contribution in [-0.2, 0) is 6.54 Å². The van der Waals surface area contributed by atoms with Crippen LogP contribution in [0.5, 0.6) is 0 Å². The number of hydrogen-bond donors (Lipinski definition) is 1. The van der Waals surface area contributed by atoms with Gasteiger partial charge in [-0.3, -0.25) is 0 Å². The minimum Gasteiger partial charge on any atom is -0.350 e. The summed E-state index contributed by atoms with van der Waals surface area (Å²) in [6.07, 6.45) is 1.80. The molecule has 0 bridgehead atoms. The molecular weight excluding hydrogens is 294 g/mol. The third-order valence-corrected chi connectivity index (χ3v) is 3.99. The Kier molecular flexibility index (Phi) is 3.90. The summed E-state index contributed by atoms with van der Waals surface area (Å²) in [5.74, 6) is 0.643. The third-order valence-electron chi connectivity index (χ3n) is 3.99. The van der Waals surface area contributed by atoms with Crippen molar-refractivity contribution in [2.24, 2.45) is 0 Å². The molecule has 0 saturated carbocycles. The summed E-state index contributed by atoms with van der Waals surface area (Å²) in [6, 6.07) is 26.9. The van der Waals surface area contributed by atoms with Gasteiger partial charge in [0.15, 0.2) is 0 Å². The molecule has 0 aliphatic heterocycles. The smallest absolute Gasteiger partial charge is 0.223 e. The predicted molar refractivity (Wildman–Crippen MR) is 98.7 cm³/mol. The molecule has 3 nitrogen and oxygen atoms in total. The fourth-order valence-electron chi connectivity index (χ4n) is 2.73. The molecule has 3 heteroatoms. The van der Waals surface area contributed by atoms with Gasteiger partial charge in [-0.1, -0.05) is 66.7 Å². The molecule has 0 spiro atoms. The van der Waals surface area contributed by atoms with Gasteiger partial charge in [0, 0.05) is 18.3 Å². The van der Waals surface area contributed by atoms with E-state index in [1.54, 1.807) is 6.20 Å². The number of anilines is 1. The van der Waals surface area contributed by atoms with E-state index in [4.69, 9.17) is 0 Å². The van der Waals surface area contributed by atoms with Gasteiger partial charge in [-0.25, -0.2) is 9.97 Å². The minimum absolute atomic E-state index is 0.643. The minimum atomic E-state index is 0.643. The van der Waals surface area contributed by atoms with Crippen molar-refractivity contribution in [2.45, 2.75) is 6.54 Å². The Morgan fingerprint density at radius 2 is 1.54 bits per heavy atom. The van der Waals surface area contributed by atoms with Crippen molar-refractivity contribution < 1.29 is 0 Å². The molecule has 116 valence electrons. The van der Waals surface area contributed by atoms with Crippen LogP contribution in [0.15, 0.2) is 85.1 Å². The first-order valence-electron chi connectivity index (χ1n) is 7.98. The Labute approximate surface area is 141 Å². The number of benzene rings is 3. The van der Waals surface area contributed by atoms with Crippen LogP contribution in [0.2, 0.25) is 0 Å². The third kappa shape index (κ3) is 3.10. The van der Waals surface area contributed by atoms with E-state index >= 15 is 0 Å². The van der Waals surface area contributed by atoms with E-state index in [-0.39, 0.29) is 0 Å². The summed E-state index contributed by atoms with van der Waals surface area (Å²) in [6.45, 7) is 0.710. The van der Waals surface area contributed by atoms with Gasteiger partial charge in [0.05, 0.1) is 5.69 Å². The number of fused-ring (bicyclic) bond motifs is 1. The molecule has 0 aliphatic carbocycles. The molecule has 0 saturated heterocycles. The monoisotopic (exact) mass is 311 g/mol. The van der Waals surface area contributed by atoms with Gasteiger partial charge in [0.25, 0.3) is 0 Å². The second kappa shape index (κ2) is 6.50. The van der Waals surface area contributed by atoms with Gasteiger partial charge in [-0.2, -0.15) is 0 Å². The molecule has 4 rings (SSSR count). The van der Waals surface area contributed by atoms with Crippen molar-refractivity contribution in [3.63, 3.8) is 0 Å². The van der Waals surface area contributed by atoms with Gasteiger partial charge in [-0.05, 0) is 28.5 Å². The van der Waals surface area contributed by atoms with E-state index in [1.165, 1.54) is 16.3 Å². The fourth-order valence-corrected chi connectivity index (χ4v) is 2.73. The van der Waals surface area contributed by atoms with Crippen LogP contribution in [0.25, 0.3) is 22.0 Å². The highest BCUT2D eigenvalue weighted by Gasteiger charge is 2.03. The highest BCUT2D eigenvalue weighted by molar-refractivity contribution is 5.86. The summed E-state index contributed by atoms with van der Waals surface area (Å²) in [7, 11) is 0. The Bertz CT molecular complexity index is 965. The summed E-state index contributed by atoms with van der Waals surface area (Å²) in [4.78, 5) is 8.96. The van der Waals surface area contributed by atoms with Gasteiger partial charge < -0.3 is 5.32 Å². The van der Waals surface area contributed by atoms with E-state index < -0.39 is 0 Å². The van der Waals surface area contributed by atoms with E-state index in [0.717, 1.165) is 11.3 Å². The summed E-state index contributed by atoms with van der Waals surface area (Å²) in [5.41, 5.74) is 3.22. The average Bonchev–Trinajstić information content (AvgIpc) is 2.67. The zero-order chi connectivity index (χ0) is 16.2. The zero-order valence-electron chi connectivity index (χ0n) is 13.2. The van der Waals surface area contributed by atoms with E-state index in [1.807, 2.05) is 24.3 Å². The van der Waals surface area contributed by atoms with Crippen molar-refractivity contribution in [3.05, 3.63) is 90.6 Å². The Morgan fingerprint density at radius 1 is 0.750 bits per heavy atom. The fraction of sp³-hybridized carbons (Fsp3) is 0.0476. The molecule has 24 heavy (non-hydrogen) atoms. The van der Waals surface area contributed by atoms with Gasteiger partial charge in [-0.15, -0.1) is 0 Å². The quantitative estimate of drug-likeness (QED) is 0.582. The molecular formula is C21H17N3. The SMILES string of the molecule is c1ccc(CNc2nccc(-c3ccc4ccccc4c3)n2)cc1. The molecule has 1 N–H and O–H groups in total. The lowest BCUT2D eigenvalue weighted by molar-refractivity contribution is 1.06. The van der Waals surface area contributed by atoms with Crippen LogP contribution >= 0.6 is 0 Å². The number of rotatable bonds is 4. The van der Waals surface area contributed by atoms with E-state index in [2.05, 4.69) is 69.9 Å². The highest BCUT2D eigenvalue weighted by atomic mass is 15.1. The normalized spacial score (nSPS) is 10.7. The Morgan fingerprint density at radius 3 is 2.42 bits per heavy atom. The van der Waals surface area contributed by atoms with Crippen molar-refractivity contribution in [1.82, 2.24) is 9.97 Å². The molecule has 4 aromatic rings. The molecule has 0 aliphatic rings. The standard InChI is InChI=1S/C21H17N3/c1-2-6-16(7-3-1)15-23-21-22-13-12-20(24-21)19-11-10-17-8-4-5-9-18(17)14-19/h1-14H,15H2,(H,22,23,24). The van der Waals surface area contributed by atoms with Crippen LogP contribution in [0.3, 0.4) is 0 Å². The lowest BCUT2D eigenvalue weighted by Gasteiger charge is -2.07. The predicted octanol–water partition coefficient (Wildman–Crippen LogP) is 4.91. The maximum Gasteiger partial charge on any atom is 0.223 e. The van der Waals surface area contributed by atoms with Crippen LogP contribution in [0.4, 0.5) is 5.95 Å². The maximum absolute atomic E-state index is 4.64. The molecule has 0 atom stereocenters. The van der Waals surface area contributed by atoms with Crippen LogP contribution < -0.4 is 5.32 Å². The molecule has 3 aromatic carbocycles. The molecule has 1 aromatic heterocycles. The zero-order valence-corrected chi connectivity index (χ0v) is 13.2. The summed E-state index contributed by atoms with van der Waals surface area (Å²) < 4.78 is 0. The van der Waals surface area contributed by atoms with Crippen LogP contribution in [0, 0.1) is 0 Å². The number of nitrogens with one attached hydrogen (secondary N) is 1. The first-order valence-corrected chi connectivity index (χ1v) is 7.98. The van der Waals surface area contributed by atoms with Crippen LogP contribution in [-0.4, -0.2) is 9.97 Å². The summed E-state index contributed by atoms with van der Waals surface area (Å²) >= 11 is 0. The first kappa shape index (κ1) is 14.4. The molecule has 0 fully saturated rings. The van der Waals surface area contributed by atoms with Crippen LogP contribution in [0.1, 0.15) is 5.56 Å². The second-order valence-corrected chi connectivity index (χ2v) is 5.67. The number of nitrogens with zero attached hydrogens (tertiary/aromatic N) is 2. The number of aromatic nitrogens is 2. The lowest BCUT2D eigenvalue weighted by Crippen LogP contribution is -2.03. The van der Waals surface area contributed by atoms with Gasteiger partial charge in [0.2, 0.25) is 5.95 Å². The highest BCUT2D eigenvalue weighted by Crippen LogP contribution is 2.23. The topological polar surface area (TPSA) is 37.8 Å². The average molecular weight is 311 g/mol. The summed E-state index contributed by atoms with van der Waals surface area (Å²) in [5, 5.41) is 5.74. The Hall–Kier alpha value is -3.20. The van der Waals surface area contributed by atoms with Crippen molar-refractivity contribution in [1.29, 1.82) is 0 Å². The molecule has 0 unspecified atom stereocenters. The molecule has 0 radical (unpaired) electrons. The first-order chi connectivity index (χ1) is 11.9. The maximum atomic E-state index is 4.64. The van der Waals surface area contributed by atoms with Crippen molar-refractivity contribution in [2.75, 3.05) is 5.32 Å². The second-order valence-electron chi connectivity index (χ2n) is 5.67. The molecule has 0 amide bonds. The van der Waals surface area contributed by atoms with E-state index in [9.17, 15) is 0 Å². The molecule has 1 heterocycles. The van der Waals surface area contributed by atoms with Crippen molar-refractivity contribution in [3.8, 4) is 11.3 Å². The van der Waals surface area contributed by atoms with Crippen molar-refractivity contribution >= 4 is 16.7 Å². The largest absolute Gasteiger partial charge is 0.350 e.